The van der Waals surface area contributed by atoms with Crippen LogP contribution in [0.5, 0.6) is 0 Å². The third kappa shape index (κ3) is 9.05. The van der Waals surface area contributed by atoms with E-state index in [1.54, 1.807) is 24.3 Å². The number of benzene rings is 2. The second-order valence-electron chi connectivity index (χ2n) is 5.41. The number of carbonyl (C=O) groups excluding carboxylic acids is 1. The van der Waals surface area contributed by atoms with Gasteiger partial charge in [0.1, 0.15) is 5.60 Å². The van der Waals surface area contributed by atoms with Gasteiger partial charge in [0, 0.05) is 10.0 Å². The van der Waals surface area contributed by atoms with Gasteiger partial charge in [0.25, 0.3) is 6.47 Å². The van der Waals surface area contributed by atoms with Gasteiger partial charge in [-0.05, 0) is 41.0 Å². The van der Waals surface area contributed by atoms with Crippen LogP contribution in [0.3, 0.4) is 0 Å². The molecule has 2 N–H and O–H groups in total. The Morgan fingerprint density at radius 2 is 1.57 bits per heavy atom. The first-order chi connectivity index (χ1) is 12.9. The monoisotopic (exact) mass is 436 g/mol. The van der Waals surface area contributed by atoms with Crippen LogP contribution in [0.1, 0.15) is 11.1 Å². The number of hydrogen-bond donors (Lipinski definition) is 2. The molecule has 2 aromatic carbocycles. The van der Waals surface area contributed by atoms with Gasteiger partial charge in [-0.1, -0.05) is 54.0 Å². The van der Waals surface area contributed by atoms with Crippen molar-refractivity contribution in [3.63, 3.8) is 0 Å². The quantitative estimate of drug-likeness (QED) is 0.212. The number of aliphatic hydroxyl groups is 2. The van der Waals surface area contributed by atoms with Crippen LogP contribution in [0.25, 0.3) is 5.57 Å². The summed E-state index contributed by atoms with van der Waals surface area (Å²) in [5.41, 5.74) is 2.21. The van der Waals surface area contributed by atoms with E-state index in [4.69, 9.17) is 48.2 Å². The fourth-order valence-electron chi connectivity index (χ4n) is 1.97. The van der Waals surface area contributed by atoms with Crippen molar-refractivity contribution in [1.29, 1.82) is 0 Å². The van der Waals surface area contributed by atoms with Crippen LogP contribution < -0.4 is 34.8 Å². The van der Waals surface area contributed by atoms with Gasteiger partial charge in [0.2, 0.25) is 0 Å². The summed E-state index contributed by atoms with van der Waals surface area (Å²) in [5, 5.41) is 27.6. The molecule has 1 fully saturated rings. The first kappa shape index (κ1) is 27.1. The summed E-state index contributed by atoms with van der Waals surface area (Å²) in [7, 11) is 0. The maximum atomic E-state index is 9.02. The van der Waals surface area contributed by atoms with Crippen molar-refractivity contribution in [2.45, 2.75) is 5.60 Å². The molecule has 1 atom stereocenters. The van der Waals surface area contributed by atoms with Gasteiger partial charge >= 0.3 is 29.6 Å². The summed E-state index contributed by atoms with van der Waals surface area (Å²) < 4.78 is 5.18. The molecule has 3 rings (SSSR count). The molecule has 0 bridgehead atoms. The average molecular weight is 437 g/mol. The second kappa shape index (κ2) is 14.1. The van der Waals surface area contributed by atoms with Crippen LogP contribution in [0.15, 0.2) is 55.1 Å². The molecule has 1 aliphatic heterocycles. The minimum atomic E-state index is -0.426. The second-order valence-corrected chi connectivity index (χ2v) is 6.28. The summed E-state index contributed by atoms with van der Waals surface area (Å²) in [4.78, 5) is 11.2. The van der Waals surface area contributed by atoms with Crippen molar-refractivity contribution in [1.82, 2.24) is 0 Å². The fourth-order valence-corrected chi connectivity index (χ4v) is 2.22. The van der Waals surface area contributed by atoms with Crippen molar-refractivity contribution < 1.29 is 59.4 Å². The van der Waals surface area contributed by atoms with Gasteiger partial charge in [-0.3, -0.25) is 4.79 Å². The van der Waals surface area contributed by atoms with E-state index in [9.17, 15) is 0 Å². The molecule has 1 aliphatic rings. The third-order valence-corrected chi connectivity index (χ3v) is 4.11. The summed E-state index contributed by atoms with van der Waals surface area (Å²) >= 11 is 11.4. The Bertz CT molecular complexity index is 718. The van der Waals surface area contributed by atoms with E-state index in [1.165, 1.54) is 0 Å². The molecule has 0 spiro atoms. The predicted octanol–water partition coefficient (Wildman–Crippen LogP) is -0.658. The van der Waals surface area contributed by atoms with Gasteiger partial charge in [0.15, 0.2) is 0 Å². The van der Waals surface area contributed by atoms with Crippen molar-refractivity contribution in [3.05, 3.63) is 76.3 Å². The van der Waals surface area contributed by atoms with Gasteiger partial charge in [0.05, 0.1) is 19.8 Å². The summed E-state index contributed by atoms with van der Waals surface area (Å²) in [6.07, 6.45) is 0. The molecule has 0 amide bonds. The SMILES string of the molecule is C=C(CO)c1ccc(Cl)cc1.O=CO[O-].OCC1(c2ccc(Cl)cc2)CO1.[Na+]. The minimum absolute atomic E-state index is 0. The zero-order valence-corrected chi connectivity index (χ0v) is 18.8. The molecule has 1 saturated heterocycles. The van der Waals surface area contributed by atoms with E-state index < -0.39 is 5.60 Å². The van der Waals surface area contributed by atoms with Crippen molar-refractivity contribution in [2.24, 2.45) is 0 Å². The summed E-state index contributed by atoms with van der Waals surface area (Å²) in [6.45, 7) is 4.13. The number of carbonyl (C=O) groups is 1. The number of epoxide rings is 1. The topological polar surface area (TPSA) is 102 Å². The number of rotatable bonds is 5. The number of ether oxygens (including phenoxy) is 1. The molecule has 9 heteroatoms. The molecule has 0 radical (unpaired) electrons. The zero-order chi connectivity index (χ0) is 20.3. The molecule has 0 saturated carbocycles. The Labute approximate surface area is 195 Å². The van der Waals surface area contributed by atoms with Crippen LogP contribution in [0.2, 0.25) is 10.0 Å². The Morgan fingerprint density at radius 3 is 1.89 bits per heavy atom. The maximum absolute atomic E-state index is 9.02. The van der Waals surface area contributed by atoms with Crippen LogP contribution in [-0.2, 0) is 20.0 Å². The number of aliphatic hydroxyl groups excluding tert-OH is 2. The van der Waals surface area contributed by atoms with Crippen molar-refractivity contribution in [2.75, 3.05) is 19.8 Å². The van der Waals surface area contributed by atoms with Crippen molar-refractivity contribution >= 4 is 35.2 Å². The molecule has 2 aromatic rings. The predicted molar refractivity (Wildman–Crippen MR) is 101 cm³/mol. The van der Waals surface area contributed by atoms with E-state index in [0.29, 0.717) is 22.2 Å². The van der Waals surface area contributed by atoms with Gasteiger partial charge in [-0.2, -0.15) is 0 Å². The van der Waals surface area contributed by atoms with Gasteiger partial charge in [-0.15, -0.1) is 0 Å². The zero-order valence-electron chi connectivity index (χ0n) is 15.3. The third-order valence-electron chi connectivity index (χ3n) is 3.60. The molecule has 6 nitrogen and oxygen atoms in total. The van der Waals surface area contributed by atoms with Crippen LogP contribution in [0.4, 0.5) is 0 Å². The Balaban J connectivity index is 0.000000428. The standard InChI is InChI=1S/C9H9ClO2.C9H9ClO.CH2O3.Na/c10-8-3-1-7(2-4-8)9(5-11)6-12-9;1-7(6-11)8-2-4-9(10)5-3-8;2-1-4-3;/h1-4,11H,5-6H2;2-5,11H,1,6H2;1,3H;/q;;;+1/p-1. The first-order valence-electron chi connectivity index (χ1n) is 7.70. The Hall–Kier alpha value is -0.930. The normalized spacial score (nSPS) is 16.2. The van der Waals surface area contributed by atoms with Crippen LogP contribution >= 0.6 is 23.2 Å². The molecule has 0 aliphatic carbocycles. The fraction of sp³-hybridized carbons (Fsp3) is 0.211. The molecule has 0 aromatic heterocycles. The Kier molecular flexibility index (Phi) is 13.6. The molecule has 1 unspecified atom stereocenters. The van der Waals surface area contributed by atoms with E-state index in [-0.39, 0.29) is 49.2 Å². The molecule has 28 heavy (non-hydrogen) atoms. The molecular weight excluding hydrogens is 418 g/mol. The molecule has 1 heterocycles. The number of hydrogen-bond acceptors (Lipinski definition) is 6. The maximum Gasteiger partial charge on any atom is 1.00 e. The average Bonchev–Trinajstić information content (AvgIpc) is 3.50. The van der Waals surface area contributed by atoms with E-state index in [0.717, 1.165) is 11.1 Å². The molecular formula is C19H19Cl2NaO6. The van der Waals surface area contributed by atoms with Gasteiger partial charge < -0.3 is 25.1 Å². The van der Waals surface area contributed by atoms with Crippen LogP contribution in [-0.4, -0.2) is 36.5 Å². The first-order valence-corrected chi connectivity index (χ1v) is 8.45. The van der Waals surface area contributed by atoms with Crippen LogP contribution in [0, 0.1) is 0 Å². The van der Waals surface area contributed by atoms with E-state index >= 15 is 0 Å². The minimum Gasteiger partial charge on any atom is -0.662 e. The summed E-state index contributed by atoms with van der Waals surface area (Å²) in [6, 6.07) is 14.6. The summed E-state index contributed by atoms with van der Waals surface area (Å²) in [5.74, 6) is 0. The van der Waals surface area contributed by atoms with Crippen molar-refractivity contribution in [3.8, 4) is 0 Å². The van der Waals surface area contributed by atoms with E-state index in [2.05, 4.69) is 11.5 Å². The Morgan fingerprint density at radius 1 is 1.14 bits per heavy atom. The van der Waals surface area contributed by atoms with E-state index in [1.807, 2.05) is 24.3 Å². The largest absolute Gasteiger partial charge is 1.00 e. The smallest absolute Gasteiger partial charge is 0.662 e. The number of halogens is 2. The molecule has 146 valence electrons. The van der Waals surface area contributed by atoms with Gasteiger partial charge in [-0.25, -0.2) is 0 Å².